The van der Waals surface area contributed by atoms with E-state index in [0.29, 0.717) is 6.42 Å². The quantitative estimate of drug-likeness (QED) is 0.593. The first-order valence-electron chi connectivity index (χ1n) is 5.98. The predicted octanol–water partition coefficient (Wildman–Crippen LogP) is 3.48. The van der Waals surface area contributed by atoms with Crippen LogP contribution in [0.3, 0.4) is 0 Å². The lowest BCUT2D eigenvalue weighted by molar-refractivity contribution is 0.426. The highest BCUT2D eigenvalue weighted by Crippen LogP contribution is 2.33. The van der Waals surface area contributed by atoms with Crippen molar-refractivity contribution in [1.82, 2.24) is 0 Å². The molecule has 2 N–H and O–H groups in total. The first-order valence-corrected chi connectivity index (χ1v) is 5.98. The van der Waals surface area contributed by atoms with Gasteiger partial charge in [-0.15, -0.1) is 0 Å². The molecule has 1 fully saturated rings. The fourth-order valence-corrected chi connectivity index (χ4v) is 2.54. The summed E-state index contributed by atoms with van der Waals surface area (Å²) in [5.41, 5.74) is 6.16. The standard InChI is InChI=1S/C13H16F3N/c14-11-6-5-10(12(15)13(11)16)8-3-1-2-4-9(17)7-8/h5-6,8-9H,1-4,7,17H2. The van der Waals surface area contributed by atoms with Crippen LogP contribution in [0.4, 0.5) is 13.2 Å². The highest BCUT2D eigenvalue weighted by Gasteiger charge is 2.24. The summed E-state index contributed by atoms with van der Waals surface area (Å²) in [5.74, 6) is -3.66. The van der Waals surface area contributed by atoms with Crippen molar-refractivity contribution in [3.05, 3.63) is 35.1 Å². The van der Waals surface area contributed by atoms with Gasteiger partial charge < -0.3 is 5.73 Å². The third-order valence-corrected chi connectivity index (χ3v) is 3.47. The van der Waals surface area contributed by atoms with Gasteiger partial charge in [0, 0.05) is 6.04 Å². The van der Waals surface area contributed by atoms with E-state index in [-0.39, 0.29) is 17.5 Å². The summed E-state index contributed by atoms with van der Waals surface area (Å²) in [6.07, 6.45) is 4.32. The maximum absolute atomic E-state index is 13.7. The van der Waals surface area contributed by atoms with Gasteiger partial charge in [-0.05, 0) is 36.8 Å². The molecule has 17 heavy (non-hydrogen) atoms. The molecule has 0 heterocycles. The summed E-state index contributed by atoms with van der Waals surface area (Å²) in [6.45, 7) is 0. The van der Waals surface area contributed by atoms with Crippen molar-refractivity contribution in [3.8, 4) is 0 Å². The van der Waals surface area contributed by atoms with Crippen LogP contribution in [0, 0.1) is 17.5 Å². The maximum Gasteiger partial charge on any atom is 0.194 e. The topological polar surface area (TPSA) is 26.0 Å². The first-order chi connectivity index (χ1) is 8.09. The summed E-state index contributed by atoms with van der Waals surface area (Å²) in [5, 5.41) is 0. The Morgan fingerprint density at radius 3 is 2.47 bits per heavy atom. The van der Waals surface area contributed by atoms with Crippen molar-refractivity contribution >= 4 is 0 Å². The van der Waals surface area contributed by atoms with E-state index in [4.69, 9.17) is 5.73 Å². The number of hydrogen-bond donors (Lipinski definition) is 1. The molecule has 0 aliphatic heterocycles. The number of rotatable bonds is 1. The second-order valence-electron chi connectivity index (χ2n) is 4.74. The van der Waals surface area contributed by atoms with Crippen LogP contribution in [-0.4, -0.2) is 6.04 Å². The van der Waals surface area contributed by atoms with Crippen molar-refractivity contribution in [1.29, 1.82) is 0 Å². The van der Waals surface area contributed by atoms with Gasteiger partial charge >= 0.3 is 0 Å². The molecule has 1 aromatic rings. The summed E-state index contributed by atoms with van der Waals surface area (Å²) in [6, 6.07) is 2.36. The van der Waals surface area contributed by atoms with Crippen molar-refractivity contribution in [2.24, 2.45) is 5.73 Å². The number of hydrogen-bond acceptors (Lipinski definition) is 1. The molecule has 2 unspecified atom stereocenters. The Bertz CT molecular complexity index is 406. The number of nitrogens with two attached hydrogens (primary N) is 1. The molecule has 0 radical (unpaired) electrons. The maximum atomic E-state index is 13.7. The van der Waals surface area contributed by atoms with Crippen molar-refractivity contribution in [2.75, 3.05) is 0 Å². The monoisotopic (exact) mass is 243 g/mol. The van der Waals surface area contributed by atoms with Crippen LogP contribution in [0.25, 0.3) is 0 Å². The van der Waals surface area contributed by atoms with Gasteiger partial charge in [-0.25, -0.2) is 13.2 Å². The molecular weight excluding hydrogens is 227 g/mol. The SMILES string of the molecule is NC1CCCCC(c2ccc(F)c(F)c2F)C1. The lowest BCUT2D eigenvalue weighted by Crippen LogP contribution is -2.21. The molecule has 2 rings (SSSR count). The van der Waals surface area contributed by atoms with Gasteiger partial charge in [0.2, 0.25) is 0 Å². The number of benzene rings is 1. The Morgan fingerprint density at radius 1 is 1.00 bits per heavy atom. The third-order valence-electron chi connectivity index (χ3n) is 3.47. The fourth-order valence-electron chi connectivity index (χ4n) is 2.54. The second-order valence-corrected chi connectivity index (χ2v) is 4.74. The first kappa shape index (κ1) is 12.4. The van der Waals surface area contributed by atoms with E-state index in [1.165, 1.54) is 6.07 Å². The van der Waals surface area contributed by atoms with E-state index < -0.39 is 17.5 Å². The van der Waals surface area contributed by atoms with Crippen LogP contribution in [0.5, 0.6) is 0 Å². The van der Waals surface area contributed by atoms with Crippen LogP contribution < -0.4 is 5.73 Å². The summed E-state index contributed by atoms with van der Waals surface area (Å²) in [7, 11) is 0. The molecule has 0 bridgehead atoms. The zero-order chi connectivity index (χ0) is 12.4. The largest absolute Gasteiger partial charge is 0.328 e. The molecule has 1 aliphatic rings. The van der Waals surface area contributed by atoms with Crippen molar-refractivity contribution < 1.29 is 13.2 Å². The van der Waals surface area contributed by atoms with Crippen LogP contribution in [0.2, 0.25) is 0 Å². The Kier molecular flexibility index (Phi) is 3.72. The minimum Gasteiger partial charge on any atom is -0.328 e. The molecule has 0 saturated heterocycles. The minimum absolute atomic E-state index is 0.0232. The highest BCUT2D eigenvalue weighted by molar-refractivity contribution is 5.24. The van der Waals surface area contributed by atoms with Crippen LogP contribution in [-0.2, 0) is 0 Å². The molecule has 0 spiro atoms. The minimum atomic E-state index is -1.37. The van der Waals surface area contributed by atoms with Gasteiger partial charge in [-0.1, -0.05) is 18.9 Å². The average molecular weight is 243 g/mol. The predicted molar refractivity (Wildman–Crippen MR) is 60.1 cm³/mol. The molecular formula is C13H16F3N. The molecule has 94 valence electrons. The zero-order valence-electron chi connectivity index (χ0n) is 9.56. The lowest BCUT2D eigenvalue weighted by atomic mass is 9.90. The van der Waals surface area contributed by atoms with Crippen molar-refractivity contribution in [3.63, 3.8) is 0 Å². The molecule has 1 saturated carbocycles. The van der Waals surface area contributed by atoms with Gasteiger partial charge in [0.1, 0.15) is 0 Å². The highest BCUT2D eigenvalue weighted by atomic mass is 19.2. The average Bonchev–Trinajstić information content (AvgIpc) is 2.51. The van der Waals surface area contributed by atoms with E-state index in [0.717, 1.165) is 31.7 Å². The Balaban J connectivity index is 2.29. The molecule has 1 aliphatic carbocycles. The van der Waals surface area contributed by atoms with Crippen LogP contribution in [0.1, 0.15) is 43.6 Å². The van der Waals surface area contributed by atoms with Gasteiger partial charge in [0.15, 0.2) is 17.5 Å². The third kappa shape index (κ3) is 2.63. The van der Waals surface area contributed by atoms with Crippen LogP contribution >= 0.6 is 0 Å². The molecule has 0 aromatic heterocycles. The summed E-state index contributed by atoms with van der Waals surface area (Å²) < 4.78 is 39.7. The Labute approximate surface area is 98.8 Å². The van der Waals surface area contributed by atoms with E-state index in [1.807, 2.05) is 0 Å². The Hall–Kier alpha value is -1.03. The summed E-state index contributed by atoms with van der Waals surface area (Å²) in [4.78, 5) is 0. The molecule has 1 nitrogen and oxygen atoms in total. The molecule has 4 heteroatoms. The molecule has 2 atom stereocenters. The molecule has 1 aromatic carbocycles. The molecule has 0 amide bonds. The smallest absolute Gasteiger partial charge is 0.194 e. The van der Waals surface area contributed by atoms with E-state index in [2.05, 4.69) is 0 Å². The van der Waals surface area contributed by atoms with Crippen LogP contribution in [0.15, 0.2) is 12.1 Å². The van der Waals surface area contributed by atoms with E-state index in [1.54, 1.807) is 0 Å². The van der Waals surface area contributed by atoms with Crippen molar-refractivity contribution in [2.45, 2.75) is 44.1 Å². The van der Waals surface area contributed by atoms with Gasteiger partial charge in [-0.2, -0.15) is 0 Å². The summed E-state index contributed by atoms with van der Waals surface area (Å²) >= 11 is 0. The van der Waals surface area contributed by atoms with E-state index >= 15 is 0 Å². The Morgan fingerprint density at radius 2 is 1.71 bits per heavy atom. The lowest BCUT2D eigenvalue weighted by Gasteiger charge is -2.18. The normalized spacial score (nSPS) is 25.6. The van der Waals surface area contributed by atoms with Gasteiger partial charge in [-0.3, -0.25) is 0 Å². The van der Waals surface area contributed by atoms with Gasteiger partial charge in [0.25, 0.3) is 0 Å². The van der Waals surface area contributed by atoms with Gasteiger partial charge in [0.05, 0.1) is 0 Å². The number of halogens is 3. The second kappa shape index (κ2) is 5.08. The fraction of sp³-hybridized carbons (Fsp3) is 0.538. The van der Waals surface area contributed by atoms with E-state index in [9.17, 15) is 13.2 Å². The zero-order valence-corrected chi connectivity index (χ0v) is 9.56.